The van der Waals surface area contributed by atoms with Gasteiger partial charge in [-0.1, -0.05) is 0 Å². The molecule has 0 unspecified atom stereocenters. The number of aromatic hydroxyl groups is 1. The summed E-state index contributed by atoms with van der Waals surface area (Å²) in [6.07, 6.45) is 1.76. The topological polar surface area (TPSA) is 54.4 Å². The lowest BCUT2D eigenvalue weighted by atomic mass is 10.2. The van der Waals surface area contributed by atoms with E-state index in [9.17, 15) is 9.50 Å². The number of phenols is 1. The van der Waals surface area contributed by atoms with Crippen LogP contribution in [0.15, 0.2) is 52.9 Å². The van der Waals surface area contributed by atoms with Crippen LogP contribution in [0, 0.1) is 5.82 Å². The molecule has 0 spiro atoms. The molecule has 0 aliphatic carbocycles. The van der Waals surface area contributed by atoms with E-state index in [1.54, 1.807) is 43.6 Å². The first-order valence-electron chi connectivity index (χ1n) is 6.67. The zero-order chi connectivity index (χ0) is 16.2. The number of halogens is 1. The van der Waals surface area contributed by atoms with Gasteiger partial charge in [-0.05, 0) is 48.3 Å². The van der Waals surface area contributed by atoms with Crippen LogP contribution in [0.1, 0.15) is 0 Å². The van der Waals surface area contributed by atoms with E-state index in [0.29, 0.717) is 5.75 Å². The van der Waals surface area contributed by atoms with Crippen LogP contribution >= 0.6 is 23.3 Å². The molecular formula is C16H13FN2O2S2. The third-order valence-electron chi connectivity index (χ3n) is 3.02. The van der Waals surface area contributed by atoms with Crippen molar-refractivity contribution in [2.45, 2.75) is 4.21 Å². The Morgan fingerprint density at radius 2 is 2.00 bits per heavy atom. The summed E-state index contributed by atoms with van der Waals surface area (Å²) in [6, 6.07) is 11.1. The lowest BCUT2D eigenvalue weighted by molar-refractivity contribution is 0.410. The van der Waals surface area contributed by atoms with Crippen LogP contribution in [-0.2, 0) is 0 Å². The molecule has 1 aromatic heterocycles. The summed E-state index contributed by atoms with van der Waals surface area (Å²) in [7, 11) is 1.55. The third-order valence-corrected chi connectivity index (χ3v) is 4.99. The van der Waals surface area contributed by atoms with E-state index < -0.39 is 0 Å². The molecule has 0 aliphatic rings. The maximum Gasteiger partial charge on any atom is 0.146 e. The molecular weight excluding hydrogens is 335 g/mol. The minimum atomic E-state index is -0.263. The van der Waals surface area contributed by atoms with Gasteiger partial charge in [-0.15, -0.1) is 11.3 Å². The van der Waals surface area contributed by atoms with Gasteiger partial charge in [0.05, 0.1) is 19.0 Å². The third kappa shape index (κ3) is 3.75. The molecule has 0 aliphatic heterocycles. The first kappa shape index (κ1) is 15.6. The number of nitrogens with one attached hydrogen (secondary N) is 1. The minimum Gasteiger partial charge on any atom is -0.508 e. The van der Waals surface area contributed by atoms with Crippen molar-refractivity contribution in [3.05, 3.63) is 54.5 Å². The second kappa shape index (κ2) is 6.89. The summed E-state index contributed by atoms with van der Waals surface area (Å²) in [4.78, 5) is 4.35. The zero-order valence-corrected chi connectivity index (χ0v) is 13.7. The average Bonchev–Trinajstić information content (AvgIpc) is 3.03. The SMILES string of the molecule is COc1cc(O)ccc1NSc1cnc(-c2ccc(F)cc2)s1. The van der Waals surface area contributed by atoms with Gasteiger partial charge in [-0.25, -0.2) is 9.37 Å². The van der Waals surface area contributed by atoms with Crippen molar-refractivity contribution >= 4 is 29.0 Å². The van der Waals surface area contributed by atoms with Crippen molar-refractivity contribution in [2.75, 3.05) is 11.8 Å². The molecule has 4 nitrogen and oxygen atoms in total. The van der Waals surface area contributed by atoms with Crippen LogP contribution in [0.4, 0.5) is 10.1 Å². The number of thiazole rings is 1. The second-order valence-corrected chi connectivity index (χ2v) is 6.72. The van der Waals surface area contributed by atoms with E-state index in [2.05, 4.69) is 9.71 Å². The van der Waals surface area contributed by atoms with Crippen molar-refractivity contribution in [1.82, 2.24) is 4.98 Å². The van der Waals surface area contributed by atoms with Crippen LogP contribution in [0.2, 0.25) is 0 Å². The number of methoxy groups -OCH3 is 1. The first-order valence-corrected chi connectivity index (χ1v) is 8.30. The lowest BCUT2D eigenvalue weighted by Crippen LogP contribution is -1.91. The Hall–Kier alpha value is -2.25. The number of hydrogen-bond acceptors (Lipinski definition) is 6. The molecule has 0 bridgehead atoms. The summed E-state index contributed by atoms with van der Waals surface area (Å²) in [5, 5.41) is 10.3. The molecule has 0 atom stereocenters. The molecule has 0 fully saturated rings. The van der Waals surface area contributed by atoms with Crippen molar-refractivity contribution in [1.29, 1.82) is 0 Å². The lowest BCUT2D eigenvalue weighted by Gasteiger charge is -2.09. The van der Waals surface area contributed by atoms with Gasteiger partial charge in [-0.2, -0.15) is 0 Å². The predicted octanol–water partition coefficient (Wildman–Crippen LogP) is 4.78. The Balaban J connectivity index is 1.71. The summed E-state index contributed by atoms with van der Waals surface area (Å²) in [5.41, 5.74) is 1.64. The van der Waals surface area contributed by atoms with E-state index in [4.69, 9.17) is 4.74 Å². The molecule has 0 amide bonds. The smallest absolute Gasteiger partial charge is 0.146 e. The predicted molar refractivity (Wildman–Crippen MR) is 91.6 cm³/mol. The molecule has 0 radical (unpaired) electrons. The maximum atomic E-state index is 13.0. The Morgan fingerprint density at radius 1 is 1.22 bits per heavy atom. The van der Waals surface area contributed by atoms with E-state index in [1.807, 2.05) is 0 Å². The fourth-order valence-corrected chi connectivity index (χ4v) is 3.57. The quantitative estimate of drug-likeness (QED) is 0.513. The molecule has 0 saturated carbocycles. The van der Waals surface area contributed by atoms with Crippen molar-refractivity contribution < 1.29 is 14.2 Å². The van der Waals surface area contributed by atoms with Gasteiger partial charge in [0.15, 0.2) is 0 Å². The molecule has 2 aromatic carbocycles. The number of aromatic nitrogens is 1. The maximum absolute atomic E-state index is 13.0. The standard InChI is InChI=1S/C16H13FN2O2S2/c1-21-14-8-12(20)6-7-13(14)19-23-15-9-18-16(22-15)10-2-4-11(17)5-3-10/h2-9,19-20H,1H3. The van der Waals surface area contributed by atoms with Gasteiger partial charge in [0.2, 0.25) is 0 Å². The number of benzene rings is 2. The Morgan fingerprint density at radius 3 is 2.74 bits per heavy atom. The van der Waals surface area contributed by atoms with Crippen LogP contribution in [0.5, 0.6) is 11.5 Å². The summed E-state index contributed by atoms with van der Waals surface area (Å²) in [6.45, 7) is 0. The van der Waals surface area contributed by atoms with E-state index in [1.165, 1.54) is 35.4 Å². The highest BCUT2D eigenvalue weighted by Crippen LogP contribution is 2.35. The number of hydrogen-bond donors (Lipinski definition) is 2. The number of nitrogens with zero attached hydrogens (tertiary/aromatic N) is 1. The molecule has 118 valence electrons. The van der Waals surface area contributed by atoms with Crippen LogP contribution in [0.3, 0.4) is 0 Å². The Kier molecular flexibility index (Phi) is 4.68. The average molecular weight is 348 g/mol. The number of rotatable bonds is 5. The normalized spacial score (nSPS) is 10.5. The zero-order valence-electron chi connectivity index (χ0n) is 12.1. The molecule has 3 aromatic rings. The van der Waals surface area contributed by atoms with Gasteiger partial charge >= 0.3 is 0 Å². The van der Waals surface area contributed by atoms with Gasteiger partial charge in [0.1, 0.15) is 26.5 Å². The highest BCUT2D eigenvalue weighted by Gasteiger charge is 2.08. The monoisotopic (exact) mass is 348 g/mol. The summed E-state index contributed by atoms with van der Waals surface area (Å²) >= 11 is 2.90. The number of phenolic OH excluding ortho intramolecular Hbond substituents is 1. The summed E-state index contributed by atoms with van der Waals surface area (Å²) in [5.74, 6) is 0.440. The second-order valence-electron chi connectivity index (χ2n) is 4.58. The fourth-order valence-electron chi connectivity index (χ4n) is 1.90. The first-order chi connectivity index (χ1) is 11.2. The summed E-state index contributed by atoms with van der Waals surface area (Å²) < 4.78 is 22.3. The van der Waals surface area contributed by atoms with Gasteiger partial charge < -0.3 is 14.6 Å². The highest BCUT2D eigenvalue weighted by molar-refractivity contribution is 8.02. The van der Waals surface area contributed by atoms with Crippen LogP contribution < -0.4 is 9.46 Å². The van der Waals surface area contributed by atoms with Crippen LogP contribution in [0.25, 0.3) is 10.6 Å². The molecule has 1 heterocycles. The van der Waals surface area contributed by atoms with E-state index in [0.717, 1.165) is 20.5 Å². The Labute approximate surface area is 141 Å². The van der Waals surface area contributed by atoms with Crippen molar-refractivity contribution in [2.24, 2.45) is 0 Å². The minimum absolute atomic E-state index is 0.147. The van der Waals surface area contributed by atoms with Gasteiger partial charge in [0, 0.05) is 11.6 Å². The molecule has 7 heteroatoms. The largest absolute Gasteiger partial charge is 0.508 e. The molecule has 2 N–H and O–H groups in total. The van der Waals surface area contributed by atoms with Crippen LogP contribution in [-0.4, -0.2) is 17.2 Å². The molecule has 23 heavy (non-hydrogen) atoms. The van der Waals surface area contributed by atoms with Crippen molar-refractivity contribution in [3.63, 3.8) is 0 Å². The van der Waals surface area contributed by atoms with E-state index in [-0.39, 0.29) is 11.6 Å². The van der Waals surface area contributed by atoms with E-state index >= 15 is 0 Å². The molecule has 3 rings (SSSR count). The van der Waals surface area contributed by atoms with Crippen molar-refractivity contribution in [3.8, 4) is 22.1 Å². The number of ether oxygens (including phenoxy) is 1. The number of anilines is 1. The van der Waals surface area contributed by atoms with Gasteiger partial charge in [0.25, 0.3) is 0 Å². The fraction of sp³-hybridized carbons (Fsp3) is 0.0625. The molecule has 0 saturated heterocycles. The highest BCUT2D eigenvalue weighted by atomic mass is 32.2. The van der Waals surface area contributed by atoms with Gasteiger partial charge in [-0.3, -0.25) is 0 Å². The Bertz CT molecular complexity index is 806.